The van der Waals surface area contributed by atoms with E-state index in [-0.39, 0.29) is 12.5 Å². The molecule has 1 aromatic rings. The highest BCUT2D eigenvalue weighted by Crippen LogP contribution is 2.32. The van der Waals surface area contributed by atoms with E-state index in [2.05, 4.69) is 0 Å². The summed E-state index contributed by atoms with van der Waals surface area (Å²) < 4.78 is 53.2. The molecule has 3 N–H and O–H groups in total. The van der Waals surface area contributed by atoms with E-state index in [0.29, 0.717) is 0 Å². The summed E-state index contributed by atoms with van der Waals surface area (Å²) in [7, 11) is 0. The normalized spacial score (nSPS) is 15.8. The minimum absolute atomic E-state index is 0.0472. The molecule has 0 spiro atoms. The molecule has 20 heavy (non-hydrogen) atoms. The van der Waals surface area contributed by atoms with E-state index in [1.54, 1.807) is 0 Å². The summed E-state index contributed by atoms with van der Waals surface area (Å²) in [5.74, 6) is -8.77. The Bertz CT molecular complexity index is 522. The Labute approximate surface area is 113 Å². The highest BCUT2D eigenvalue weighted by atomic mass is 19.2. The maximum Gasteiger partial charge on any atom is 0.320 e. The highest BCUT2D eigenvalue weighted by molar-refractivity contribution is 5.73. The molecule has 7 heteroatoms. The number of carbonyl (C=O) groups is 1. The lowest BCUT2D eigenvalue weighted by atomic mass is 9.84. The van der Waals surface area contributed by atoms with Gasteiger partial charge in [0.2, 0.25) is 0 Å². The van der Waals surface area contributed by atoms with Gasteiger partial charge in [0.15, 0.2) is 17.5 Å². The van der Waals surface area contributed by atoms with Crippen LogP contribution in [0, 0.1) is 29.2 Å². The largest absolute Gasteiger partial charge is 0.480 e. The zero-order valence-electron chi connectivity index (χ0n) is 11.0. The lowest BCUT2D eigenvalue weighted by Crippen LogP contribution is -2.33. The van der Waals surface area contributed by atoms with Crippen molar-refractivity contribution in [3.63, 3.8) is 0 Å². The Morgan fingerprint density at radius 2 is 1.75 bits per heavy atom. The van der Waals surface area contributed by atoms with E-state index >= 15 is 0 Å². The number of nitrogens with two attached hydrogens (primary N) is 1. The second kappa shape index (κ2) is 6.21. The van der Waals surface area contributed by atoms with Gasteiger partial charge < -0.3 is 10.8 Å². The molecule has 0 heterocycles. The molecule has 0 bridgehead atoms. The molecule has 1 rings (SSSR count). The molecule has 0 aliphatic heterocycles. The highest BCUT2D eigenvalue weighted by Gasteiger charge is 2.28. The standard InChI is InChI=1S/C13H15F4NO2/c1-5(3-9(18)13(19)20)6(2)10-7(14)4-8(15)11(16)12(10)17/h4-6,9H,3,18H2,1-2H3,(H,19,20). The molecular formula is C13H15F4NO2. The lowest BCUT2D eigenvalue weighted by molar-refractivity contribution is -0.138. The van der Waals surface area contributed by atoms with E-state index in [1.807, 2.05) is 0 Å². The third-order valence-corrected chi connectivity index (χ3v) is 3.40. The molecule has 1 aromatic carbocycles. The summed E-state index contributed by atoms with van der Waals surface area (Å²) in [5.41, 5.74) is 4.74. The SMILES string of the molecule is CC(CC(N)C(=O)O)C(C)c1c(F)cc(F)c(F)c1F. The van der Waals surface area contributed by atoms with Crippen molar-refractivity contribution < 1.29 is 27.5 Å². The number of hydrogen-bond donors (Lipinski definition) is 2. The molecule has 0 amide bonds. The van der Waals surface area contributed by atoms with Gasteiger partial charge in [-0.2, -0.15) is 0 Å². The zero-order valence-corrected chi connectivity index (χ0v) is 11.0. The summed E-state index contributed by atoms with van der Waals surface area (Å²) in [4.78, 5) is 10.6. The Morgan fingerprint density at radius 3 is 2.25 bits per heavy atom. The van der Waals surface area contributed by atoms with Gasteiger partial charge in [0.1, 0.15) is 11.9 Å². The fourth-order valence-electron chi connectivity index (χ4n) is 1.99. The number of carboxylic acid groups (broad SMARTS) is 1. The molecule has 0 radical (unpaired) electrons. The van der Waals surface area contributed by atoms with Crippen LogP contribution >= 0.6 is 0 Å². The molecule has 0 saturated carbocycles. The van der Waals surface area contributed by atoms with E-state index in [4.69, 9.17) is 10.8 Å². The summed E-state index contributed by atoms with van der Waals surface area (Å²) in [6.45, 7) is 2.94. The van der Waals surface area contributed by atoms with Gasteiger partial charge in [-0.25, -0.2) is 17.6 Å². The van der Waals surface area contributed by atoms with Gasteiger partial charge in [0.25, 0.3) is 0 Å². The van der Waals surface area contributed by atoms with Crippen LogP contribution in [-0.2, 0) is 4.79 Å². The van der Waals surface area contributed by atoms with Crippen molar-refractivity contribution in [2.24, 2.45) is 11.7 Å². The summed E-state index contributed by atoms with van der Waals surface area (Å²) in [5, 5.41) is 8.69. The van der Waals surface area contributed by atoms with Gasteiger partial charge in [0, 0.05) is 11.6 Å². The first-order valence-electron chi connectivity index (χ1n) is 5.98. The predicted octanol–water partition coefficient (Wildman–Crippen LogP) is 2.78. The fraction of sp³-hybridized carbons (Fsp3) is 0.462. The first-order chi connectivity index (χ1) is 9.16. The van der Waals surface area contributed by atoms with Crippen LogP contribution in [-0.4, -0.2) is 17.1 Å². The van der Waals surface area contributed by atoms with Gasteiger partial charge in [-0.05, 0) is 18.3 Å². The number of halogens is 4. The number of carboxylic acids is 1. The second-order valence-corrected chi connectivity index (χ2v) is 4.83. The monoisotopic (exact) mass is 293 g/mol. The van der Waals surface area contributed by atoms with Crippen molar-refractivity contribution in [2.75, 3.05) is 0 Å². The third-order valence-electron chi connectivity index (χ3n) is 3.40. The lowest BCUT2D eigenvalue weighted by Gasteiger charge is -2.23. The summed E-state index contributed by atoms with van der Waals surface area (Å²) in [6, 6.07) is -0.919. The van der Waals surface area contributed by atoms with Gasteiger partial charge in [0.05, 0.1) is 0 Å². The number of benzene rings is 1. The van der Waals surface area contributed by atoms with Crippen LogP contribution < -0.4 is 5.73 Å². The van der Waals surface area contributed by atoms with Crippen LogP contribution in [0.5, 0.6) is 0 Å². The maximum atomic E-state index is 13.6. The average molecular weight is 293 g/mol. The van der Waals surface area contributed by atoms with Gasteiger partial charge >= 0.3 is 5.97 Å². The average Bonchev–Trinajstić information content (AvgIpc) is 2.35. The summed E-state index contributed by atoms with van der Waals surface area (Å²) in [6.07, 6.45) is -0.0472. The van der Waals surface area contributed by atoms with Crippen LogP contribution in [0.15, 0.2) is 6.07 Å². The Balaban J connectivity index is 3.06. The van der Waals surface area contributed by atoms with E-state index < -0.39 is 52.7 Å². The Morgan fingerprint density at radius 1 is 1.20 bits per heavy atom. The van der Waals surface area contributed by atoms with Gasteiger partial charge in [-0.1, -0.05) is 13.8 Å². The van der Waals surface area contributed by atoms with Crippen molar-refractivity contribution in [3.8, 4) is 0 Å². The van der Waals surface area contributed by atoms with Crippen molar-refractivity contribution in [1.82, 2.24) is 0 Å². The first-order valence-corrected chi connectivity index (χ1v) is 5.98. The smallest absolute Gasteiger partial charge is 0.320 e. The van der Waals surface area contributed by atoms with E-state index in [0.717, 1.165) is 0 Å². The minimum atomic E-state index is -1.75. The number of hydrogen-bond acceptors (Lipinski definition) is 2. The molecule has 3 atom stereocenters. The molecule has 3 unspecified atom stereocenters. The van der Waals surface area contributed by atoms with Crippen molar-refractivity contribution in [3.05, 3.63) is 34.9 Å². The van der Waals surface area contributed by atoms with E-state index in [9.17, 15) is 22.4 Å². The number of rotatable bonds is 5. The fourth-order valence-corrected chi connectivity index (χ4v) is 1.99. The quantitative estimate of drug-likeness (QED) is 0.498. The van der Waals surface area contributed by atoms with Gasteiger partial charge in [-0.3, -0.25) is 4.79 Å². The molecule has 0 aromatic heterocycles. The van der Waals surface area contributed by atoms with E-state index in [1.165, 1.54) is 13.8 Å². The van der Waals surface area contributed by atoms with Crippen LogP contribution in [0.2, 0.25) is 0 Å². The van der Waals surface area contributed by atoms with Crippen molar-refractivity contribution >= 4 is 5.97 Å². The Kier molecular flexibility index (Phi) is 5.10. The molecular weight excluding hydrogens is 278 g/mol. The first kappa shape index (κ1) is 16.4. The third kappa shape index (κ3) is 3.27. The zero-order chi connectivity index (χ0) is 15.6. The summed E-state index contributed by atoms with van der Waals surface area (Å²) >= 11 is 0. The van der Waals surface area contributed by atoms with Crippen LogP contribution in [0.1, 0.15) is 31.7 Å². The topological polar surface area (TPSA) is 63.3 Å². The van der Waals surface area contributed by atoms with Crippen LogP contribution in [0.3, 0.4) is 0 Å². The predicted molar refractivity (Wildman–Crippen MR) is 64.1 cm³/mol. The Hall–Kier alpha value is -1.63. The second-order valence-electron chi connectivity index (χ2n) is 4.83. The molecule has 112 valence electrons. The molecule has 0 fully saturated rings. The molecule has 0 saturated heterocycles. The van der Waals surface area contributed by atoms with Crippen molar-refractivity contribution in [1.29, 1.82) is 0 Å². The number of aliphatic carboxylic acids is 1. The van der Waals surface area contributed by atoms with Gasteiger partial charge in [-0.15, -0.1) is 0 Å². The minimum Gasteiger partial charge on any atom is -0.480 e. The van der Waals surface area contributed by atoms with Crippen LogP contribution in [0.4, 0.5) is 17.6 Å². The molecule has 0 aliphatic rings. The molecule has 3 nitrogen and oxygen atoms in total. The van der Waals surface area contributed by atoms with Crippen molar-refractivity contribution in [2.45, 2.75) is 32.2 Å². The molecule has 0 aliphatic carbocycles. The maximum absolute atomic E-state index is 13.6. The van der Waals surface area contributed by atoms with Crippen LogP contribution in [0.25, 0.3) is 0 Å².